The molecule has 4 rings (SSSR count). The van der Waals surface area contributed by atoms with E-state index in [0.29, 0.717) is 11.4 Å². The number of nitrogens with zero attached hydrogens (tertiary/aromatic N) is 2. The molecule has 32 heavy (non-hydrogen) atoms. The smallest absolute Gasteiger partial charge is 0.261 e. The number of sulfone groups is 1. The number of hydrogen-bond acceptors (Lipinski definition) is 5. The van der Waals surface area contributed by atoms with Crippen molar-refractivity contribution in [2.24, 2.45) is 0 Å². The van der Waals surface area contributed by atoms with Gasteiger partial charge in [0.2, 0.25) is 0 Å². The molecule has 4 aromatic rings. The van der Waals surface area contributed by atoms with E-state index in [2.05, 4.69) is 10.4 Å². The topological polar surface area (TPSA) is 81.1 Å². The third-order valence-electron chi connectivity index (χ3n) is 5.23. The zero-order chi connectivity index (χ0) is 23.0. The molecule has 1 atom stereocenters. The number of benzene rings is 2. The van der Waals surface area contributed by atoms with Crippen LogP contribution in [0.2, 0.25) is 0 Å². The molecule has 0 saturated heterocycles. The van der Waals surface area contributed by atoms with Crippen LogP contribution in [0.25, 0.3) is 10.2 Å². The summed E-state index contributed by atoms with van der Waals surface area (Å²) in [7, 11) is -3.27. The lowest BCUT2D eigenvalue weighted by molar-refractivity contribution is 0.0944. The molecule has 0 fully saturated rings. The van der Waals surface area contributed by atoms with Crippen LogP contribution < -0.4 is 5.32 Å². The Hall–Kier alpha value is -3.04. The van der Waals surface area contributed by atoms with E-state index in [4.69, 9.17) is 0 Å². The summed E-state index contributed by atoms with van der Waals surface area (Å²) >= 11 is 1.35. The first-order valence-corrected chi connectivity index (χ1v) is 12.6. The molecule has 0 spiro atoms. The van der Waals surface area contributed by atoms with Crippen LogP contribution in [0.15, 0.2) is 59.5 Å². The van der Waals surface area contributed by atoms with Crippen LogP contribution >= 0.6 is 11.3 Å². The average molecular weight is 472 g/mol. The molecule has 166 valence electrons. The zero-order valence-electron chi connectivity index (χ0n) is 17.8. The fourth-order valence-corrected chi connectivity index (χ4v) is 5.14. The largest absolute Gasteiger partial charge is 0.345 e. The highest BCUT2D eigenvalue weighted by atomic mass is 32.2. The highest BCUT2D eigenvalue weighted by Crippen LogP contribution is 2.29. The van der Waals surface area contributed by atoms with Gasteiger partial charge in [-0.15, -0.1) is 11.3 Å². The number of rotatable bonds is 6. The Balaban J connectivity index is 1.53. The Morgan fingerprint density at radius 3 is 2.44 bits per heavy atom. The van der Waals surface area contributed by atoms with E-state index in [9.17, 15) is 17.6 Å². The maximum atomic E-state index is 13.2. The van der Waals surface area contributed by atoms with E-state index in [1.165, 1.54) is 23.5 Å². The highest BCUT2D eigenvalue weighted by molar-refractivity contribution is 7.90. The normalized spacial score (nSPS) is 12.8. The molecular weight excluding hydrogens is 449 g/mol. The van der Waals surface area contributed by atoms with Gasteiger partial charge in [-0.05, 0) is 55.3 Å². The van der Waals surface area contributed by atoms with Crippen LogP contribution in [-0.2, 0) is 16.4 Å². The highest BCUT2D eigenvalue weighted by Gasteiger charge is 2.19. The minimum Gasteiger partial charge on any atom is -0.345 e. The predicted molar refractivity (Wildman–Crippen MR) is 123 cm³/mol. The second-order valence-electron chi connectivity index (χ2n) is 7.74. The van der Waals surface area contributed by atoms with Crippen molar-refractivity contribution in [2.45, 2.75) is 31.3 Å². The minimum absolute atomic E-state index is 0.210. The Morgan fingerprint density at radius 2 is 1.81 bits per heavy atom. The van der Waals surface area contributed by atoms with Gasteiger partial charge >= 0.3 is 0 Å². The lowest BCUT2D eigenvalue weighted by Crippen LogP contribution is -2.25. The number of aryl methyl sites for hydroxylation is 1. The van der Waals surface area contributed by atoms with Gasteiger partial charge in [0.25, 0.3) is 5.91 Å². The minimum atomic E-state index is -3.27. The summed E-state index contributed by atoms with van der Waals surface area (Å²) in [5.41, 5.74) is 2.55. The fourth-order valence-electron chi connectivity index (χ4n) is 3.45. The molecule has 0 aliphatic rings. The first-order chi connectivity index (χ1) is 15.1. The van der Waals surface area contributed by atoms with Gasteiger partial charge in [0, 0.05) is 11.6 Å². The molecule has 6 nitrogen and oxygen atoms in total. The Morgan fingerprint density at radius 1 is 1.16 bits per heavy atom. The number of halogens is 1. The van der Waals surface area contributed by atoms with Crippen molar-refractivity contribution in [1.29, 1.82) is 0 Å². The van der Waals surface area contributed by atoms with Gasteiger partial charge in [0.15, 0.2) is 9.84 Å². The monoisotopic (exact) mass is 471 g/mol. The molecular formula is C23H22FN3O3S2. The number of amides is 1. The van der Waals surface area contributed by atoms with Crippen molar-refractivity contribution in [3.63, 3.8) is 0 Å². The maximum absolute atomic E-state index is 13.2. The van der Waals surface area contributed by atoms with Crippen molar-refractivity contribution < 1.29 is 17.6 Å². The number of carbonyl (C=O) groups is 1. The van der Waals surface area contributed by atoms with E-state index in [-0.39, 0.29) is 22.7 Å². The fraction of sp³-hybridized carbons (Fsp3) is 0.217. The van der Waals surface area contributed by atoms with Crippen LogP contribution in [0.5, 0.6) is 0 Å². The number of thiophene rings is 1. The van der Waals surface area contributed by atoms with Gasteiger partial charge in [-0.1, -0.05) is 24.3 Å². The van der Waals surface area contributed by atoms with E-state index in [0.717, 1.165) is 33.3 Å². The predicted octanol–water partition coefficient (Wildman–Crippen LogP) is 4.49. The number of fused-ring (bicyclic) bond motifs is 1. The third kappa shape index (κ3) is 4.58. The van der Waals surface area contributed by atoms with Crippen LogP contribution in [-0.4, -0.2) is 30.4 Å². The Labute approximate surface area is 189 Å². The molecule has 0 bridgehead atoms. The number of hydrogen-bond donors (Lipinski definition) is 1. The van der Waals surface area contributed by atoms with E-state index < -0.39 is 9.84 Å². The third-order valence-corrected chi connectivity index (χ3v) is 7.51. The summed E-state index contributed by atoms with van der Waals surface area (Å²) in [5.74, 6) is -0.496. The molecule has 2 aromatic heterocycles. The van der Waals surface area contributed by atoms with Crippen molar-refractivity contribution in [1.82, 2.24) is 15.1 Å². The SMILES string of the molecule is Cc1nn(Cc2ccc(F)cc2)c2sc(C(=O)N[C@H](C)c3ccc(S(C)(=O)=O)cc3)cc12. The zero-order valence-corrected chi connectivity index (χ0v) is 19.4. The van der Waals surface area contributed by atoms with Crippen LogP contribution in [0, 0.1) is 12.7 Å². The molecule has 2 aromatic carbocycles. The summed E-state index contributed by atoms with van der Waals surface area (Å²) < 4.78 is 38.3. The van der Waals surface area contributed by atoms with Gasteiger partial charge in [-0.3, -0.25) is 9.48 Å². The first-order valence-electron chi connectivity index (χ1n) is 9.94. The van der Waals surface area contributed by atoms with Crippen molar-refractivity contribution >= 4 is 37.3 Å². The van der Waals surface area contributed by atoms with Gasteiger partial charge < -0.3 is 5.32 Å². The summed E-state index contributed by atoms with van der Waals surface area (Å²) in [6.45, 7) is 4.22. The summed E-state index contributed by atoms with van der Waals surface area (Å²) in [6.07, 6.45) is 1.16. The number of aromatic nitrogens is 2. The molecule has 9 heteroatoms. The second kappa shape index (κ2) is 8.48. The van der Waals surface area contributed by atoms with E-state index in [1.54, 1.807) is 36.4 Å². The molecule has 1 N–H and O–H groups in total. The molecule has 0 radical (unpaired) electrons. The quantitative estimate of drug-likeness (QED) is 0.449. The van der Waals surface area contributed by atoms with Gasteiger partial charge in [-0.2, -0.15) is 5.10 Å². The van der Waals surface area contributed by atoms with Crippen molar-refractivity contribution in [3.05, 3.63) is 82.1 Å². The summed E-state index contributed by atoms with van der Waals surface area (Å²) in [6, 6.07) is 14.3. The first kappa shape index (κ1) is 22.2. The molecule has 2 heterocycles. The van der Waals surface area contributed by atoms with Crippen molar-refractivity contribution in [2.75, 3.05) is 6.26 Å². The second-order valence-corrected chi connectivity index (χ2v) is 10.8. The summed E-state index contributed by atoms with van der Waals surface area (Å²) in [4.78, 5) is 14.6. The molecule has 0 aliphatic heterocycles. The summed E-state index contributed by atoms with van der Waals surface area (Å²) in [5, 5.41) is 8.43. The Bertz CT molecular complexity index is 1390. The van der Waals surface area contributed by atoms with Crippen LogP contribution in [0.4, 0.5) is 4.39 Å². The van der Waals surface area contributed by atoms with Gasteiger partial charge in [-0.25, -0.2) is 12.8 Å². The maximum Gasteiger partial charge on any atom is 0.261 e. The van der Waals surface area contributed by atoms with Gasteiger partial charge in [0.1, 0.15) is 10.6 Å². The van der Waals surface area contributed by atoms with Crippen molar-refractivity contribution in [3.8, 4) is 0 Å². The van der Waals surface area contributed by atoms with Crippen LogP contribution in [0.3, 0.4) is 0 Å². The standard InChI is InChI=1S/C23H22FN3O3S2/c1-14(17-6-10-19(11-7-17)32(3,29)30)25-22(28)21-12-20-15(2)26-27(23(20)31-21)13-16-4-8-18(24)9-5-16/h4-12,14H,13H2,1-3H3,(H,25,28)/t14-/m1/s1. The van der Waals surface area contributed by atoms with E-state index >= 15 is 0 Å². The lowest BCUT2D eigenvalue weighted by atomic mass is 10.1. The molecule has 0 aliphatic carbocycles. The van der Waals surface area contributed by atoms with Gasteiger partial charge in [0.05, 0.1) is 28.1 Å². The number of nitrogens with one attached hydrogen (secondary N) is 1. The Kier molecular flexibility index (Phi) is 5.87. The van der Waals surface area contributed by atoms with Crippen LogP contribution in [0.1, 0.15) is 39.5 Å². The average Bonchev–Trinajstić information content (AvgIpc) is 3.30. The molecule has 0 saturated carbocycles. The molecule has 1 amide bonds. The molecule has 0 unspecified atom stereocenters. The lowest BCUT2D eigenvalue weighted by Gasteiger charge is -2.14. The van der Waals surface area contributed by atoms with E-state index in [1.807, 2.05) is 24.6 Å². The number of carbonyl (C=O) groups excluding carboxylic acids is 1.